The van der Waals surface area contributed by atoms with Gasteiger partial charge in [-0.2, -0.15) is 0 Å². The number of rotatable bonds is 2. The van der Waals surface area contributed by atoms with Crippen molar-refractivity contribution < 1.29 is 9.90 Å². The molecule has 0 aliphatic carbocycles. The van der Waals surface area contributed by atoms with Crippen LogP contribution < -0.4 is 0 Å². The van der Waals surface area contributed by atoms with E-state index in [1.54, 1.807) is 0 Å². The van der Waals surface area contributed by atoms with Crippen LogP contribution in [0.4, 0.5) is 0 Å². The van der Waals surface area contributed by atoms with E-state index in [9.17, 15) is 9.90 Å². The molecular weight excluding hydrogens is 166 g/mol. The molecule has 0 unspecified atom stereocenters. The van der Waals surface area contributed by atoms with Gasteiger partial charge in [-0.1, -0.05) is 0 Å². The van der Waals surface area contributed by atoms with E-state index in [0.29, 0.717) is 5.57 Å². The van der Waals surface area contributed by atoms with Gasteiger partial charge in [0.1, 0.15) is 5.76 Å². The monoisotopic (exact) mass is 181 g/mol. The van der Waals surface area contributed by atoms with Crippen LogP contribution in [0, 0.1) is 0 Å². The lowest BCUT2D eigenvalue weighted by atomic mass is 9.98. The first-order chi connectivity index (χ1) is 6.13. The summed E-state index contributed by atoms with van der Waals surface area (Å²) >= 11 is 0. The first-order valence-electron chi connectivity index (χ1n) is 4.57. The van der Waals surface area contributed by atoms with Crippen LogP contribution >= 0.6 is 0 Å². The lowest BCUT2D eigenvalue weighted by Gasteiger charge is -2.13. The van der Waals surface area contributed by atoms with Crippen LogP contribution in [0.5, 0.6) is 0 Å². The summed E-state index contributed by atoms with van der Waals surface area (Å²) in [5.41, 5.74) is 1.19. The normalized spacial score (nSPS) is 19.1. The zero-order chi connectivity index (χ0) is 9.84. The van der Waals surface area contributed by atoms with Gasteiger partial charge in [-0.3, -0.25) is 9.79 Å². The van der Waals surface area contributed by atoms with E-state index in [2.05, 4.69) is 4.99 Å². The number of hydrogen-bond acceptors (Lipinski definition) is 3. The summed E-state index contributed by atoms with van der Waals surface area (Å²) in [6.45, 7) is 3.78. The van der Waals surface area contributed by atoms with Crippen molar-refractivity contribution in [1.29, 1.82) is 0 Å². The minimum Gasteiger partial charge on any atom is -0.512 e. The van der Waals surface area contributed by atoms with E-state index in [1.807, 2.05) is 0 Å². The quantitative estimate of drug-likeness (QED) is 0.523. The third-order valence-corrected chi connectivity index (χ3v) is 2.13. The molecule has 0 fully saturated rings. The van der Waals surface area contributed by atoms with Gasteiger partial charge in [0.25, 0.3) is 0 Å². The number of ketones is 1. The third-order valence-electron chi connectivity index (χ3n) is 2.13. The smallest absolute Gasteiger partial charge is 0.164 e. The number of carbonyl (C=O) groups is 1. The van der Waals surface area contributed by atoms with Crippen molar-refractivity contribution in [2.75, 3.05) is 6.54 Å². The van der Waals surface area contributed by atoms with E-state index >= 15 is 0 Å². The minimum absolute atomic E-state index is 0.0909. The molecule has 1 heterocycles. The van der Waals surface area contributed by atoms with E-state index in [-0.39, 0.29) is 11.5 Å². The largest absolute Gasteiger partial charge is 0.512 e. The van der Waals surface area contributed by atoms with Crippen LogP contribution in [-0.2, 0) is 4.79 Å². The Kier molecular flexibility index (Phi) is 3.23. The van der Waals surface area contributed by atoms with Gasteiger partial charge in [0.2, 0.25) is 0 Å². The van der Waals surface area contributed by atoms with Crippen molar-refractivity contribution >= 4 is 11.5 Å². The Hall–Kier alpha value is -1.12. The molecule has 1 aliphatic rings. The van der Waals surface area contributed by atoms with Crippen molar-refractivity contribution in [2.45, 2.75) is 33.1 Å². The molecule has 13 heavy (non-hydrogen) atoms. The Labute approximate surface area is 78.2 Å². The summed E-state index contributed by atoms with van der Waals surface area (Å²) in [6.07, 6.45) is 2.95. The molecule has 0 spiro atoms. The first kappa shape index (κ1) is 9.96. The number of aliphatic hydroxyl groups excluding tert-OH is 1. The van der Waals surface area contributed by atoms with Crippen molar-refractivity contribution in [3.8, 4) is 0 Å². The number of aliphatic hydroxyl groups is 1. The highest BCUT2D eigenvalue weighted by Crippen LogP contribution is 2.15. The average molecular weight is 181 g/mol. The Balaban J connectivity index is 2.95. The SMILES string of the molecule is CC(=O)/C(C1=NCCCC1)=C(\C)O. The lowest BCUT2D eigenvalue weighted by molar-refractivity contribution is -0.113. The summed E-state index contributed by atoms with van der Waals surface area (Å²) in [5.74, 6) is -0.00574. The third kappa shape index (κ3) is 2.41. The average Bonchev–Trinajstić information content (AvgIpc) is 2.04. The van der Waals surface area contributed by atoms with Crippen molar-refractivity contribution in [1.82, 2.24) is 0 Å². The fourth-order valence-electron chi connectivity index (χ4n) is 1.57. The fourth-order valence-corrected chi connectivity index (χ4v) is 1.57. The van der Waals surface area contributed by atoms with Crippen LogP contribution in [0.25, 0.3) is 0 Å². The second-order valence-electron chi connectivity index (χ2n) is 3.30. The Morgan fingerprint density at radius 1 is 1.38 bits per heavy atom. The van der Waals surface area contributed by atoms with Crippen molar-refractivity contribution in [2.24, 2.45) is 4.99 Å². The summed E-state index contributed by atoms with van der Waals surface area (Å²) in [6, 6.07) is 0. The van der Waals surface area contributed by atoms with Crippen LogP contribution in [0.1, 0.15) is 33.1 Å². The van der Waals surface area contributed by atoms with Crippen molar-refractivity contribution in [3.05, 3.63) is 11.3 Å². The maximum Gasteiger partial charge on any atom is 0.164 e. The van der Waals surface area contributed by atoms with Gasteiger partial charge in [0.05, 0.1) is 5.57 Å². The summed E-state index contributed by atoms with van der Waals surface area (Å²) < 4.78 is 0. The van der Waals surface area contributed by atoms with E-state index in [1.165, 1.54) is 13.8 Å². The number of carbonyl (C=O) groups excluding carboxylic acids is 1. The minimum atomic E-state index is -0.0966. The molecule has 0 atom stereocenters. The molecule has 0 amide bonds. The zero-order valence-electron chi connectivity index (χ0n) is 8.13. The fraction of sp³-hybridized carbons (Fsp3) is 0.600. The molecule has 3 heteroatoms. The summed E-state index contributed by atoms with van der Waals surface area (Å²) in [7, 11) is 0. The standard InChI is InChI=1S/C10H15NO2/c1-7(12)10(8(2)13)9-5-3-4-6-11-9/h12H,3-6H2,1-2H3/b10-7-. The molecule has 0 saturated heterocycles. The lowest BCUT2D eigenvalue weighted by Crippen LogP contribution is -2.16. The number of nitrogens with zero attached hydrogens (tertiary/aromatic N) is 1. The van der Waals surface area contributed by atoms with Gasteiger partial charge in [-0.05, 0) is 33.1 Å². The Bertz CT molecular complexity index is 273. The first-order valence-corrected chi connectivity index (χ1v) is 4.57. The molecule has 1 aliphatic heterocycles. The zero-order valence-corrected chi connectivity index (χ0v) is 8.13. The second kappa shape index (κ2) is 4.21. The second-order valence-corrected chi connectivity index (χ2v) is 3.30. The van der Waals surface area contributed by atoms with Crippen LogP contribution in [-0.4, -0.2) is 23.1 Å². The molecule has 1 N–H and O–H groups in total. The summed E-state index contributed by atoms with van der Waals surface area (Å²) in [5, 5.41) is 9.31. The molecule has 0 bridgehead atoms. The van der Waals surface area contributed by atoms with Crippen LogP contribution in [0.3, 0.4) is 0 Å². The molecule has 0 aromatic carbocycles. The molecule has 0 aromatic heterocycles. The predicted molar refractivity (Wildman–Crippen MR) is 52.2 cm³/mol. The molecule has 3 nitrogen and oxygen atoms in total. The molecule has 72 valence electrons. The molecule has 0 radical (unpaired) electrons. The number of hydrogen-bond donors (Lipinski definition) is 1. The van der Waals surface area contributed by atoms with E-state index in [4.69, 9.17) is 0 Å². The van der Waals surface area contributed by atoms with E-state index < -0.39 is 0 Å². The highest BCUT2D eigenvalue weighted by molar-refractivity contribution is 6.22. The van der Waals surface area contributed by atoms with Gasteiger partial charge in [-0.25, -0.2) is 0 Å². The highest BCUT2D eigenvalue weighted by atomic mass is 16.3. The maximum atomic E-state index is 11.2. The number of allylic oxidation sites excluding steroid dienone is 2. The molecular formula is C10H15NO2. The van der Waals surface area contributed by atoms with Gasteiger partial charge in [0, 0.05) is 12.3 Å². The van der Waals surface area contributed by atoms with Gasteiger partial charge in [0.15, 0.2) is 5.78 Å². The Morgan fingerprint density at radius 3 is 2.46 bits per heavy atom. The molecule has 1 rings (SSSR count). The predicted octanol–water partition coefficient (Wildman–Crippen LogP) is 2.03. The molecule has 0 aromatic rings. The van der Waals surface area contributed by atoms with Gasteiger partial charge < -0.3 is 5.11 Å². The number of aliphatic imine (C=N–C) groups is 1. The highest BCUT2D eigenvalue weighted by Gasteiger charge is 2.16. The van der Waals surface area contributed by atoms with Crippen LogP contribution in [0.15, 0.2) is 16.3 Å². The van der Waals surface area contributed by atoms with E-state index in [0.717, 1.165) is 31.5 Å². The molecule has 0 saturated carbocycles. The van der Waals surface area contributed by atoms with Gasteiger partial charge in [-0.15, -0.1) is 0 Å². The van der Waals surface area contributed by atoms with Crippen molar-refractivity contribution in [3.63, 3.8) is 0 Å². The Morgan fingerprint density at radius 2 is 2.08 bits per heavy atom. The topological polar surface area (TPSA) is 49.7 Å². The summed E-state index contributed by atoms with van der Waals surface area (Å²) in [4.78, 5) is 15.4. The maximum absolute atomic E-state index is 11.2. The van der Waals surface area contributed by atoms with Crippen LogP contribution in [0.2, 0.25) is 0 Å². The van der Waals surface area contributed by atoms with Gasteiger partial charge >= 0.3 is 0 Å². The number of Topliss-reactive ketones (excluding diaryl/α,β-unsaturated/α-hetero) is 1.